The predicted octanol–water partition coefficient (Wildman–Crippen LogP) is 5.09. The third-order valence-electron chi connectivity index (χ3n) is 4.10. The number of rotatable bonds is 15. The molecule has 0 aromatic carbocycles. The Bertz CT molecular complexity index is 229. The van der Waals surface area contributed by atoms with Gasteiger partial charge in [0.15, 0.2) is 0 Å². The highest BCUT2D eigenvalue weighted by Gasteiger charge is 1.98. The Hall–Kier alpha value is -0.570. The van der Waals surface area contributed by atoms with Crippen molar-refractivity contribution in [1.82, 2.24) is 5.43 Å². The number of carbonyl (C=O) groups is 1. The van der Waals surface area contributed by atoms with Crippen molar-refractivity contribution in [3.63, 3.8) is 0 Å². The van der Waals surface area contributed by atoms with Crippen LogP contribution in [-0.4, -0.2) is 5.91 Å². The van der Waals surface area contributed by atoms with E-state index in [2.05, 4.69) is 19.3 Å². The third kappa shape index (κ3) is 17.4. The summed E-state index contributed by atoms with van der Waals surface area (Å²) in [7, 11) is 0. The maximum absolute atomic E-state index is 10.9. The van der Waals surface area contributed by atoms with E-state index >= 15 is 0 Å². The molecule has 3 N–H and O–H groups in total. The molecular formula is C18H38N2O. The molecule has 0 aromatic rings. The molecule has 0 radical (unpaired) electrons. The summed E-state index contributed by atoms with van der Waals surface area (Å²) in [5, 5.41) is 0. The molecule has 0 atom stereocenters. The van der Waals surface area contributed by atoms with Crippen molar-refractivity contribution < 1.29 is 4.79 Å². The van der Waals surface area contributed by atoms with Crippen molar-refractivity contribution >= 4 is 5.91 Å². The molecule has 0 spiro atoms. The molecule has 3 heteroatoms. The van der Waals surface area contributed by atoms with Gasteiger partial charge in [0.1, 0.15) is 0 Å². The Morgan fingerprint density at radius 1 is 0.762 bits per heavy atom. The summed E-state index contributed by atoms with van der Waals surface area (Å²) in [6.07, 6.45) is 17.9. The van der Waals surface area contributed by atoms with Gasteiger partial charge in [0, 0.05) is 6.42 Å². The standard InChI is InChI=1S/C18H38N2O/c1-17(2)15-13-11-9-7-5-3-4-6-8-10-12-14-16-18(21)20-19/h17H,3-16,19H2,1-2H3,(H,20,21). The zero-order valence-corrected chi connectivity index (χ0v) is 14.5. The summed E-state index contributed by atoms with van der Waals surface area (Å²) in [6.45, 7) is 4.62. The summed E-state index contributed by atoms with van der Waals surface area (Å²) in [4.78, 5) is 10.9. The second kappa shape index (κ2) is 15.8. The lowest BCUT2D eigenvalue weighted by Gasteiger charge is -2.05. The lowest BCUT2D eigenvalue weighted by atomic mass is 10.0. The van der Waals surface area contributed by atoms with Crippen molar-refractivity contribution in [3.05, 3.63) is 0 Å². The van der Waals surface area contributed by atoms with E-state index in [0.717, 1.165) is 18.8 Å². The number of carbonyl (C=O) groups excluding carboxylic acids is 1. The van der Waals surface area contributed by atoms with Gasteiger partial charge in [-0.25, -0.2) is 5.84 Å². The minimum Gasteiger partial charge on any atom is -0.294 e. The zero-order valence-electron chi connectivity index (χ0n) is 14.5. The van der Waals surface area contributed by atoms with Crippen LogP contribution in [0.3, 0.4) is 0 Å². The fraction of sp³-hybridized carbons (Fsp3) is 0.944. The Morgan fingerprint density at radius 2 is 1.14 bits per heavy atom. The number of hydrogen-bond acceptors (Lipinski definition) is 2. The van der Waals surface area contributed by atoms with Gasteiger partial charge in [-0.2, -0.15) is 0 Å². The average molecular weight is 299 g/mol. The quantitative estimate of drug-likeness (QED) is 0.191. The molecule has 0 saturated carbocycles. The Morgan fingerprint density at radius 3 is 1.52 bits per heavy atom. The van der Waals surface area contributed by atoms with Gasteiger partial charge in [-0.3, -0.25) is 10.2 Å². The molecule has 0 fully saturated rings. The summed E-state index contributed by atoms with van der Waals surface area (Å²) in [6, 6.07) is 0. The summed E-state index contributed by atoms with van der Waals surface area (Å²) in [5.41, 5.74) is 2.17. The fourth-order valence-electron chi connectivity index (χ4n) is 2.68. The van der Waals surface area contributed by atoms with Crippen LogP contribution in [0.4, 0.5) is 0 Å². The highest BCUT2D eigenvalue weighted by Crippen LogP contribution is 2.14. The van der Waals surface area contributed by atoms with Gasteiger partial charge in [0.2, 0.25) is 5.91 Å². The Labute approximate surface area is 132 Å². The van der Waals surface area contributed by atoms with Crippen molar-refractivity contribution in [2.45, 2.75) is 104 Å². The second-order valence-electron chi connectivity index (χ2n) is 6.74. The van der Waals surface area contributed by atoms with Crippen LogP contribution in [-0.2, 0) is 4.79 Å². The predicted molar refractivity (Wildman–Crippen MR) is 91.8 cm³/mol. The summed E-state index contributed by atoms with van der Waals surface area (Å²) < 4.78 is 0. The van der Waals surface area contributed by atoms with Crippen LogP contribution in [0.25, 0.3) is 0 Å². The summed E-state index contributed by atoms with van der Waals surface area (Å²) >= 11 is 0. The van der Waals surface area contributed by atoms with E-state index in [4.69, 9.17) is 5.84 Å². The van der Waals surface area contributed by atoms with Crippen LogP contribution in [0, 0.1) is 5.92 Å². The van der Waals surface area contributed by atoms with Gasteiger partial charge in [0.05, 0.1) is 0 Å². The minimum atomic E-state index is -0.0385. The van der Waals surface area contributed by atoms with Crippen LogP contribution < -0.4 is 11.3 Å². The molecule has 0 unspecified atom stereocenters. The van der Waals surface area contributed by atoms with Gasteiger partial charge in [-0.05, 0) is 12.3 Å². The van der Waals surface area contributed by atoms with Crippen molar-refractivity contribution in [2.24, 2.45) is 11.8 Å². The first-order chi connectivity index (χ1) is 10.2. The Kier molecular flexibility index (Phi) is 15.4. The molecule has 0 bridgehead atoms. The molecule has 1 amide bonds. The van der Waals surface area contributed by atoms with Gasteiger partial charge in [-0.1, -0.05) is 90.9 Å². The average Bonchev–Trinajstić information content (AvgIpc) is 2.46. The van der Waals surface area contributed by atoms with E-state index in [1.54, 1.807) is 0 Å². The minimum absolute atomic E-state index is 0.0385. The SMILES string of the molecule is CC(C)CCCCCCCCCCCCCCC(=O)NN. The van der Waals surface area contributed by atoms with Crippen LogP contribution in [0.2, 0.25) is 0 Å². The van der Waals surface area contributed by atoms with Crippen molar-refractivity contribution in [2.75, 3.05) is 0 Å². The highest BCUT2D eigenvalue weighted by molar-refractivity contribution is 5.74. The lowest BCUT2D eigenvalue weighted by molar-refractivity contribution is -0.121. The first-order valence-electron chi connectivity index (χ1n) is 9.16. The van der Waals surface area contributed by atoms with E-state index in [1.807, 2.05) is 0 Å². The summed E-state index contributed by atoms with van der Waals surface area (Å²) in [5.74, 6) is 5.86. The number of amides is 1. The van der Waals surface area contributed by atoms with E-state index in [0.29, 0.717) is 6.42 Å². The molecular weight excluding hydrogens is 260 g/mol. The van der Waals surface area contributed by atoms with Crippen molar-refractivity contribution in [3.8, 4) is 0 Å². The smallest absolute Gasteiger partial charge is 0.233 e. The van der Waals surface area contributed by atoms with Gasteiger partial charge < -0.3 is 0 Å². The van der Waals surface area contributed by atoms with Gasteiger partial charge in [-0.15, -0.1) is 0 Å². The molecule has 0 aromatic heterocycles. The lowest BCUT2D eigenvalue weighted by Crippen LogP contribution is -2.29. The fourth-order valence-corrected chi connectivity index (χ4v) is 2.68. The van der Waals surface area contributed by atoms with Crippen LogP contribution in [0.5, 0.6) is 0 Å². The van der Waals surface area contributed by atoms with E-state index in [9.17, 15) is 4.79 Å². The van der Waals surface area contributed by atoms with E-state index in [1.165, 1.54) is 70.6 Å². The number of hydrogen-bond donors (Lipinski definition) is 2. The van der Waals surface area contributed by atoms with Crippen LogP contribution in [0.15, 0.2) is 0 Å². The molecule has 0 heterocycles. The highest BCUT2D eigenvalue weighted by atomic mass is 16.2. The maximum Gasteiger partial charge on any atom is 0.233 e. The monoisotopic (exact) mass is 298 g/mol. The molecule has 0 aliphatic rings. The number of nitrogens with two attached hydrogens (primary N) is 1. The topological polar surface area (TPSA) is 55.1 Å². The van der Waals surface area contributed by atoms with E-state index < -0.39 is 0 Å². The molecule has 0 aliphatic carbocycles. The second-order valence-corrected chi connectivity index (χ2v) is 6.74. The number of hydrazine groups is 1. The first-order valence-corrected chi connectivity index (χ1v) is 9.16. The normalized spacial score (nSPS) is 11.0. The van der Waals surface area contributed by atoms with Gasteiger partial charge >= 0.3 is 0 Å². The van der Waals surface area contributed by atoms with Crippen molar-refractivity contribution in [1.29, 1.82) is 0 Å². The van der Waals surface area contributed by atoms with Gasteiger partial charge in [0.25, 0.3) is 0 Å². The maximum atomic E-state index is 10.9. The van der Waals surface area contributed by atoms with Crippen LogP contribution in [0.1, 0.15) is 104 Å². The molecule has 0 saturated heterocycles. The molecule has 21 heavy (non-hydrogen) atoms. The third-order valence-corrected chi connectivity index (χ3v) is 4.10. The molecule has 3 nitrogen and oxygen atoms in total. The molecule has 0 aliphatic heterocycles. The largest absolute Gasteiger partial charge is 0.294 e. The molecule has 126 valence electrons. The zero-order chi connectivity index (χ0) is 15.8. The first kappa shape index (κ1) is 20.4. The number of nitrogens with one attached hydrogen (secondary N) is 1. The molecule has 0 rings (SSSR count). The van der Waals surface area contributed by atoms with E-state index in [-0.39, 0.29) is 5.91 Å². The van der Waals surface area contributed by atoms with Crippen LogP contribution >= 0.6 is 0 Å². The Balaban J connectivity index is 3.01. The number of unbranched alkanes of at least 4 members (excludes halogenated alkanes) is 11.